The van der Waals surface area contributed by atoms with Gasteiger partial charge in [0.1, 0.15) is 0 Å². The molecule has 0 aliphatic heterocycles. The first-order valence-electron chi connectivity index (χ1n) is 9.26. The Morgan fingerprint density at radius 3 is 2.42 bits per heavy atom. The normalized spacial score (nSPS) is 10.4. The quantitative estimate of drug-likeness (QED) is 0.303. The number of allylic oxidation sites excluding steroid dienone is 1. The van der Waals surface area contributed by atoms with Crippen molar-refractivity contribution in [1.29, 1.82) is 0 Å². The predicted octanol–water partition coefficient (Wildman–Crippen LogP) is 2.03. The van der Waals surface area contributed by atoms with Crippen LogP contribution in [0.4, 0.5) is 0 Å². The molecule has 0 aliphatic carbocycles. The van der Waals surface area contributed by atoms with Crippen LogP contribution in [-0.4, -0.2) is 51.0 Å². The van der Waals surface area contributed by atoms with Gasteiger partial charge in [0.05, 0.1) is 34.1 Å². The summed E-state index contributed by atoms with van der Waals surface area (Å²) in [5.74, 6) is 0.257. The minimum atomic E-state index is -0.512. The molecular formula is C22H25N3O6. The molecule has 0 fully saturated rings. The van der Waals surface area contributed by atoms with Crippen molar-refractivity contribution in [3.05, 3.63) is 59.7 Å². The molecule has 2 rings (SSSR count). The number of phenols is 1. The molecule has 9 heteroatoms. The molecule has 0 spiro atoms. The Kier molecular flexibility index (Phi) is 8.44. The third-order valence-corrected chi connectivity index (χ3v) is 4.22. The smallest absolute Gasteiger partial charge is 0.259 e. The second-order valence-electron chi connectivity index (χ2n) is 6.27. The number of phenolic OH excluding ortho intramolecular Hbond substituents is 1. The van der Waals surface area contributed by atoms with Gasteiger partial charge in [0, 0.05) is 11.1 Å². The van der Waals surface area contributed by atoms with Gasteiger partial charge in [-0.15, -0.1) is 6.58 Å². The molecule has 0 radical (unpaired) electrons. The molecule has 2 aromatic carbocycles. The van der Waals surface area contributed by atoms with Crippen molar-refractivity contribution in [2.24, 2.45) is 5.10 Å². The number of nitrogens with zero attached hydrogens (tertiary/aromatic N) is 1. The molecule has 164 valence electrons. The number of rotatable bonds is 10. The van der Waals surface area contributed by atoms with E-state index >= 15 is 0 Å². The van der Waals surface area contributed by atoms with Crippen LogP contribution in [0.3, 0.4) is 0 Å². The van der Waals surface area contributed by atoms with E-state index in [-0.39, 0.29) is 18.0 Å². The van der Waals surface area contributed by atoms with Gasteiger partial charge in [-0.3, -0.25) is 9.59 Å². The first-order chi connectivity index (χ1) is 14.9. The number of hydrazone groups is 1. The van der Waals surface area contributed by atoms with E-state index in [1.54, 1.807) is 30.3 Å². The summed E-state index contributed by atoms with van der Waals surface area (Å²) in [6.45, 7) is 3.38. The second kappa shape index (κ2) is 11.2. The van der Waals surface area contributed by atoms with Crippen molar-refractivity contribution in [3.63, 3.8) is 0 Å². The maximum atomic E-state index is 12.2. The number of nitrogens with one attached hydrogen (secondary N) is 2. The van der Waals surface area contributed by atoms with Crippen molar-refractivity contribution in [1.82, 2.24) is 10.7 Å². The van der Waals surface area contributed by atoms with Gasteiger partial charge in [0.15, 0.2) is 23.0 Å². The van der Waals surface area contributed by atoms with Crippen LogP contribution < -0.4 is 25.0 Å². The summed E-state index contributed by atoms with van der Waals surface area (Å²) in [5.41, 5.74) is 3.88. The number of aromatic hydroxyl groups is 1. The SMILES string of the molecule is C=CCc1cc(/C=N/NC(=O)CNC(=O)c2ccc(OC)c(OC)c2)cc(OC)c1O. The zero-order valence-electron chi connectivity index (χ0n) is 17.6. The lowest BCUT2D eigenvalue weighted by Gasteiger charge is -2.10. The van der Waals surface area contributed by atoms with Crippen molar-refractivity contribution < 1.29 is 28.9 Å². The molecular weight excluding hydrogens is 402 g/mol. The molecule has 0 bridgehead atoms. The molecule has 0 heterocycles. The van der Waals surface area contributed by atoms with Gasteiger partial charge in [0.2, 0.25) is 0 Å². The second-order valence-corrected chi connectivity index (χ2v) is 6.27. The summed E-state index contributed by atoms with van der Waals surface area (Å²) in [4.78, 5) is 24.2. The van der Waals surface area contributed by atoms with Crippen LogP contribution in [0.5, 0.6) is 23.0 Å². The lowest BCUT2D eigenvalue weighted by atomic mass is 10.1. The molecule has 3 N–H and O–H groups in total. The Hall–Kier alpha value is -4.01. The van der Waals surface area contributed by atoms with Crippen LogP contribution in [-0.2, 0) is 11.2 Å². The number of ether oxygens (including phenoxy) is 3. The molecule has 0 aliphatic rings. The Balaban J connectivity index is 1.95. The molecule has 9 nitrogen and oxygen atoms in total. The fourth-order valence-corrected chi connectivity index (χ4v) is 2.69. The maximum absolute atomic E-state index is 12.2. The van der Waals surface area contributed by atoms with Crippen molar-refractivity contribution >= 4 is 18.0 Å². The number of benzene rings is 2. The van der Waals surface area contributed by atoms with Crippen LogP contribution >= 0.6 is 0 Å². The first kappa shape index (κ1) is 23.3. The Bertz CT molecular complexity index is 987. The molecule has 2 aromatic rings. The minimum absolute atomic E-state index is 0.0291. The average molecular weight is 427 g/mol. The standard InChI is InChI=1S/C22H25N3O6/c1-5-6-15-9-14(10-19(31-4)21(15)27)12-24-25-20(26)13-23-22(28)16-7-8-17(29-2)18(11-16)30-3/h5,7-12,27H,1,6,13H2,2-4H3,(H,23,28)(H,25,26)/b24-12+. The van der Waals surface area contributed by atoms with Crippen LogP contribution in [0.2, 0.25) is 0 Å². The number of hydrogen-bond donors (Lipinski definition) is 3. The topological polar surface area (TPSA) is 118 Å². The van der Waals surface area contributed by atoms with E-state index in [4.69, 9.17) is 14.2 Å². The highest BCUT2D eigenvalue weighted by molar-refractivity contribution is 5.97. The highest BCUT2D eigenvalue weighted by Crippen LogP contribution is 2.31. The molecule has 0 saturated carbocycles. The monoisotopic (exact) mass is 427 g/mol. The molecule has 0 saturated heterocycles. The Labute approximate surface area is 180 Å². The lowest BCUT2D eigenvalue weighted by Crippen LogP contribution is -2.34. The largest absolute Gasteiger partial charge is 0.504 e. The maximum Gasteiger partial charge on any atom is 0.259 e. The van der Waals surface area contributed by atoms with Crippen molar-refractivity contribution in [3.8, 4) is 23.0 Å². The predicted molar refractivity (Wildman–Crippen MR) is 116 cm³/mol. The highest BCUT2D eigenvalue weighted by atomic mass is 16.5. The van der Waals surface area contributed by atoms with Gasteiger partial charge in [-0.05, 0) is 42.3 Å². The summed E-state index contributed by atoms with van der Waals surface area (Å²) in [5, 5.41) is 16.5. The Morgan fingerprint density at radius 2 is 1.77 bits per heavy atom. The van der Waals surface area contributed by atoms with Gasteiger partial charge in [-0.25, -0.2) is 5.43 Å². The van der Waals surface area contributed by atoms with E-state index in [9.17, 15) is 14.7 Å². The zero-order chi connectivity index (χ0) is 22.8. The first-order valence-corrected chi connectivity index (χ1v) is 9.26. The molecule has 0 atom stereocenters. The summed E-state index contributed by atoms with van der Waals surface area (Å²) in [6, 6.07) is 7.96. The molecule has 0 unspecified atom stereocenters. The lowest BCUT2D eigenvalue weighted by molar-refractivity contribution is -0.120. The van der Waals surface area contributed by atoms with Gasteiger partial charge in [-0.2, -0.15) is 5.10 Å². The number of carbonyl (C=O) groups excluding carboxylic acids is 2. The van der Waals surface area contributed by atoms with E-state index in [0.29, 0.717) is 34.6 Å². The van der Waals surface area contributed by atoms with E-state index < -0.39 is 11.8 Å². The van der Waals surface area contributed by atoms with Gasteiger partial charge < -0.3 is 24.6 Å². The average Bonchev–Trinajstić information content (AvgIpc) is 2.78. The van der Waals surface area contributed by atoms with E-state index in [1.807, 2.05) is 0 Å². The Morgan fingerprint density at radius 1 is 1.06 bits per heavy atom. The van der Waals surface area contributed by atoms with E-state index in [1.165, 1.54) is 33.6 Å². The van der Waals surface area contributed by atoms with Gasteiger partial charge in [-0.1, -0.05) is 6.08 Å². The number of amides is 2. The van der Waals surface area contributed by atoms with Crippen LogP contribution in [0.25, 0.3) is 0 Å². The minimum Gasteiger partial charge on any atom is -0.504 e. The van der Waals surface area contributed by atoms with Crippen molar-refractivity contribution in [2.45, 2.75) is 6.42 Å². The van der Waals surface area contributed by atoms with Crippen LogP contribution in [0, 0.1) is 0 Å². The third kappa shape index (κ3) is 6.23. The van der Waals surface area contributed by atoms with Crippen molar-refractivity contribution in [2.75, 3.05) is 27.9 Å². The van der Waals surface area contributed by atoms with E-state index in [2.05, 4.69) is 22.4 Å². The number of hydrogen-bond acceptors (Lipinski definition) is 7. The van der Waals surface area contributed by atoms with Crippen LogP contribution in [0.1, 0.15) is 21.5 Å². The van der Waals surface area contributed by atoms with E-state index in [0.717, 1.165) is 0 Å². The fraction of sp³-hybridized carbons (Fsp3) is 0.227. The third-order valence-electron chi connectivity index (χ3n) is 4.22. The molecule has 31 heavy (non-hydrogen) atoms. The highest BCUT2D eigenvalue weighted by Gasteiger charge is 2.12. The summed E-state index contributed by atoms with van der Waals surface area (Å²) in [6.07, 6.45) is 3.50. The molecule has 2 amide bonds. The fourth-order valence-electron chi connectivity index (χ4n) is 2.69. The summed E-state index contributed by atoms with van der Waals surface area (Å²) < 4.78 is 15.4. The number of carbonyl (C=O) groups is 2. The zero-order valence-corrected chi connectivity index (χ0v) is 17.6. The molecule has 0 aromatic heterocycles. The van der Waals surface area contributed by atoms with Gasteiger partial charge in [0.25, 0.3) is 11.8 Å². The summed E-state index contributed by atoms with van der Waals surface area (Å²) >= 11 is 0. The number of methoxy groups -OCH3 is 3. The van der Waals surface area contributed by atoms with Crippen LogP contribution in [0.15, 0.2) is 48.1 Å². The van der Waals surface area contributed by atoms with Gasteiger partial charge >= 0.3 is 0 Å². The summed E-state index contributed by atoms with van der Waals surface area (Å²) in [7, 11) is 4.41.